The van der Waals surface area contributed by atoms with Crippen molar-refractivity contribution in [3.05, 3.63) is 29.8 Å². The first kappa shape index (κ1) is 31.6. The Bertz CT molecular complexity index is 1140. The van der Waals surface area contributed by atoms with Crippen molar-refractivity contribution in [2.75, 3.05) is 29.7 Å². The molecular weight excluding hydrogens is 571 g/mol. The van der Waals surface area contributed by atoms with E-state index in [0.29, 0.717) is 60.7 Å². The predicted molar refractivity (Wildman–Crippen MR) is 168 cm³/mol. The summed E-state index contributed by atoms with van der Waals surface area (Å²) in [7, 11) is 0. The molecule has 232 valence electrons. The molecule has 0 saturated heterocycles. The number of carbonyl (C=O) groups is 3. The summed E-state index contributed by atoms with van der Waals surface area (Å²) in [4.78, 5) is 40.1. The molecule has 6 nitrogen and oxygen atoms in total. The SMILES string of the molecule is CC(=O)N[C@H](Cc1ccc(N(CCCl)CCCl)cc1)C(=O)O[C@H]1CC[C@@H]2[C@H]3CC[C@H]4CC(=O)CC[C@]4(C)[C@@H]3CC[C@]12C. The van der Waals surface area contributed by atoms with E-state index >= 15 is 0 Å². The van der Waals surface area contributed by atoms with E-state index in [9.17, 15) is 14.4 Å². The first-order valence-electron chi connectivity index (χ1n) is 16.0. The molecule has 0 radical (unpaired) electrons. The van der Waals surface area contributed by atoms with E-state index in [1.54, 1.807) is 0 Å². The van der Waals surface area contributed by atoms with Gasteiger partial charge >= 0.3 is 5.97 Å². The number of hydrogen-bond acceptors (Lipinski definition) is 5. The van der Waals surface area contributed by atoms with Crippen molar-refractivity contribution >= 4 is 46.5 Å². The van der Waals surface area contributed by atoms with Crippen LogP contribution in [0.1, 0.15) is 84.1 Å². The van der Waals surface area contributed by atoms with Crippen LogP contribution in [-0.4, -0.2) is 54.7 Å². The number of hydrogen-bond donors (Lipinski definition) is 1. The highest BCUT2D eigenvalue weighted by Gasteiger charge is 2.61. The number of nitrogens with one attached hydrogen (secondary N) is 1. The van der Waals surface area contributed by atoms with Gasteiger partial charge in [-0.05, 0) is 91.7 Å². The molecule has 0 spiro atoms. The van der Waals surface area contributed by atoms with Gasteiger partial charge in [0.1, 0.15) is 17.9 Å². The van der Waals surface area contributed by atoms with E-state index in [1.807, 2.05) is 24.3 Å². The number of ketones is 1. The molecule has 0 bridgehead atoms. The van der Waals surface area contributed by atoms with Crippen molar-refractivity contribution in [1.29, 1.82) is 0 Å². The second kappa shape index (κ2) is 13.1. The second-order valence-electron chi connectivity index (χ2n) is 13.9. The maximum atomic E-state index is 13.6. The molecule has 0 aliphatic heterocycles. The maximum absolute atomic E-state index is 13.6. The summed E-state index contributed by atoms with van der Waals surface area (Å²) in [5, 5.41) is 2.86. The molecule has 4 fully saturated rings. The van der Waals surface area contributed by atoms with Crippen LogP contribution in [0.15, 0.2) is 24.3 Å². The van der Waals surface area contributed by atoms with E-state index in [-0.39, 0.29) is 28.8 Å². The lowest BCUT2D eigenvalue weighted by atomic mass is 9.45. The Balaban J connectivity index is 1.26. The zero-order valence-electron chi connectivity index (χ0n) is 25.5. The largest absolute Gasteiger partial charge is 0.460 e. The standard InChI is InChI=1S/C34H48Cl2N2O4/c1-22(39)37-30(20-23-4-7-25(8-5-23)38(18-16-35)19-17-36)32(41)42-31-11-10-28-27-9-6-24-21-26(40)12-14-33(24,2)29(27)13-15-34(28,31)3/h4-5,7-8,24,27-31H,6,9-21H2,1-3H3,(H,37,39)/t24-,27+,28+,29+,30+,31-,33-,34-/m0/s1. The van der Waals surface area contributed by atoms with Crippen LogP contribution < -0.4 is 10.2 Å². The summed E-state index contributed by atoms with van der Waals surface area (Å²) >= 11 is 11.9. The third-order valence-electron chi connectivity index (χ3n) is 11.8. The smallest absolute Gasteiger partial charge is 0.329 e. The Hall–Kier alpha value is -1.79. The van der Waals surface area contributed by atoms with Crippen molar-refractivity contribution in [3.8, 4) is 0 Å². The second-order valence-corrected chi connectivity index (χ2v) is 14.7. The zero-order chi connectivity index (χ0) is 30.1. The van der Waals surface area contributed by atoms with Crippen molar-refractivity contribution in [2.45, 2.75) is 97.1 Å². The van der Waals surface area contributed by atoms with Gasteiger partial charge in [0.05, 0.1) is 0 Å². The molecule has 0 heterocycles. The number of ether oxygens (including phenoxy) is 1. The van der Waals surface area contributed by atoms with Gasteiger partial charge in [-0.15, -0.1) is 23.2 Å². The molecule has 4 aliphatic carbocycles. The van der Waals surface area contributed by atoms with Gasteiger partial charge in [-0.1, -0.05) is 26.0 Å². The highest BCUT2D eigenvalue weighted by atomic mass is 35.5. The first-order chi connectivity index (χ1) is 20.1. The Morgan fingerprint density at radius 1 is 0.976 bits per heavy atom. The monoisotopic (exact) mass is 618 g/mol. The average Bonchev–Trinajstić information content (AvgIpc) is 3.29. The van der Waals surface area contributed by atoms with Crippen LogP contribution in [0.25, 0.3) is 0 Å². The highest BCUT2D eigenvalue weighted by molar-refractivity contribution is 6.18. The molecule has 0 unspecified atom stereocenters. The Morgan fingerprint density at radius 2 is 1.67 bits per heavy atom. The number of anilines is 1. The van der Waals surface area contributed by atoms with Crippen LogP contribution in [0.2, 0.25) is 0 Å². The van der Waals surface area contributed by atoms with Gasteiger partial charge in [-0.25, -0.2) is 4.79 Å². The number of amides is 1. The summed E-state index contributed by atoms with van der Waals surface area (Å²) in [6.07, 6.45) is 9.31. The lowest BCUT2D eigenvalue weighted by molar-refractivity contribution is -0.167. The fourth-order valence-electron chi connectivity index (χ4n) is 9.50. The van der Waals surface area contributed by atoms with E-state index < -0.39 is 6.04 Å². The highest BCUT2D eigenvalue weighted by Crippen LogP contribution is 2.66. The Labute approximate surface area is 261 Å². The molecule has 42 heavy (non-hydrogen) atoms. The Morgan fingerprint density at radius 3 is 2.33 bits per heavy atom. The fraction of sp³-hybridized carbons (Fsp3) is 0.735. The summed E-state index contributed by atoms with van der Waals surface area (Å²) in [5.74, 6) is 3.29. The Kier molecular flexibility index (Phi) is 9.83. The molecule has 1 aromatic rings. The quantitative estimate of drug-likeness (QED) is 0.238. The number of esters is 1. The molecule has 0 aromatic heterocycles. The number of benzene rings is 1. The zero-order valence-corrected chi connectivity index (χ0v) is 27.0. The van der Waals surface area contributed by atoms with Gasteiger partial charge in [0, 0.05) is 62.1 Å². The summed E-state index contributed by atoms with van der Waals surface area (Å²) in [6.45, 7) is 7.67. The van der Waals surface area contributed by atoms with Crippen LogP contribution >= 0.6 is 23.2 Å². The number of alkyl halides is 2. The third-order valence-corrected chi connectivity index (χ3v) is 12.1. The summed E-state index contributed by atoms with van der Waals surface area (Å²) < 4.78 is 6.33. The molecule has 1 N–H and O–H groups in total. The van der Waals surface area contributed by atoms with E-state index in [1.165, 1.54) is 13.3 Å². The van der Waals surface area contributed by atoms with Gasteiger partial charge in [0.2, 0.25) is 5.91 Å². The minimum Gasteiger partial charge on any atom is -0.460 e. The van der Waals surface area contributed by atoms with Crippen molar-refractivity contribution in [3.63, 3.8) is 0 Å². The molecule has 8 atom stereocenters. The van der Waals surface area contributed by atoms with Gasteiger partial charge in [-0.3, -0.25) is 9.59 Å². The molecular formula is C34H48Cl2N2O4. The summed E-state index contributed by atoms with van der Waals surface area (Å²) in [5.41, 5.74) is 2.21. The number of halogens is 2. The van der Waals surface area contributed by atoms with Crippen molar-refractivity contribution in [1.82, 2.24) is 5.32 Å². The molecule has 8 heteroatoms. The van der Waals surface area contributed by atoms with Crippen LogP contribution in [0.5, 0.6) is 0 Å². The lowest BCUT2D eigenvalue weighted by Gasteiger charge is -2.60. The van der Waals surface area contributed by atoms with Crippen LogP contribution in [-0.2, 0) is 25.5 Å². The van der Waals surface area contributed by atoms with Gasteiger partial charge in [0.15, 0.2) is 0 Å². The summed E-state index contributed by atoms with van der Waals surface area (Å²) in [6, 6.07) is 7.29. The topological polar surface area (TPSA) is 75.7 Å². The molecule has 4 aliphatic rings. The molecule has 1 aromatic carbocycles. The van der Waals surface area contributed by atoms with Crippen LogP contribution in [0, 0.1) is 34.5 Å². The van der Waals surface area contributed by atoms with Crippen LogP contribution in [0.3, 0.4) is 0 Å². The number of Topliss-reactive ketones (excluding diaryl/α,β-unsaturated/α-hetero) is 1. The van der Waals surface area contributed by atoms with Gasteiger partial charge < -0.3 is 15.0 Å². The van der Waals surface area contributed by atoms with E-state index in [0.717, 1.165) is 62.6 Å². The van der Waals surface area contributed by atoms with E-state index in [4.69, 9.17) is 27.9 Å². The number of fused-ring (bicyclic) bond motifs is 5. The molecule has 1 amide bonds. The molecule has 5 rings (SSSR count). The minimum atomic E-state index is -0.733. The van der Waals surface area contributed by atoms with Crippen LogP contribution in [0.4, 0.5) is 5.69 Å². The molecule has 4 saturated carbocycles. The lowest BCUT2D eigenvalue weighted by Crippen LogP contribution is -2.54. The maximum Gasteiger partial charge on any atom is 0.329 e. The van der Waals surface area contributed by atoms with Gasteiger partial charge in [-0.2, -0.15) is 0 Å². The van der Waals surface area contributed by atoms with Gasteiger partial charge in [0.25, 0.3) is 0 Å². The van der Waals surface area contributed by atoms with E-state index in [2.05, 4.69) is 24.1 Å². The number of carbonyl (C=O) groups excluding carboxylic acids is 3. The fourth-order valence-corrected chi connectivity index (χ4v) is 9.91. The number of rotatable bonds is 10. The van der Waals surface area contributed by atoms with Crippen molar-refractivity contribution in [2.24, 2.45) is 34.5 Å². The predicted octanol–water partition coefficient (Wildman–Crippen LogP) is 6.54. The first-order valence-corrected chi connectivity index (χ1v) is 17.1. The average molecular weight is 620 g/mol. The minimum absolute atomic E-state index is 0.0404. The normalized spacial score (nSPS) is 34.5. The number of nitrogens with zero attached hydrogens (tertiary/aromatic N) is 1. The van der Waals surface area contributed by atoms with Crippen molar-refractivity contribution < 1.29 is 19.1 Å². The third kappa shape index (κ3) is 6.22.